The van der Waals surface area contributed by atoms with E-state index < -0.39 is 0 Å². The molecule has 0 aliphatic rings. The van der Waals surface area contributed by atoms with Gasteiger partial charge in [-0.2, -0.15) is 0 Å². The molecule has 2 N–H and O–H groups in total. The van der Waals surface area contributed by atoms with Crippen molar-refractivity contribution in [2.24, 2.45) is 11.7 Å². The fourth-order valence-corrected chi connectivity index (χ4v) is 2.03. The van der Waals surface area contributed by atoms with Crippen LogP contribution in [0.4, 0.5) is 0 Å². The number of nitrogens with two attached hydrogens (primary N) is 1. The molecule has 0 aliphatic heterocycles. The summed E-state index contributed by atoms with van der Waals surface area (Å²) in [5.41, 5.74) is 6.33. The van der Waals surface area contributed by atoms with Crippen molar-refractivity contribution < 1.29 is 4.74 Å². The van der Waals surface area contributed by atoms with Crippen LogP contribution in [0.25, 0.3) is 0 Å². The van der Waals surface area contributed by atoms with Gasteiger partial charge >= 0.3 is 0 Å². The SMILES string of the molecule is CCC(C)CN(CC)CCOc1ccc(C#CCN)cc1. The van der Waals surface area contributed by atoms with Gasteiger partial charge in [-0.15, -0.1) is 0 Å². The number of hydrogen-bond acceptors (Lipinski definition) is 3. The molecule has 0 radical (unpaired) electrons. The Morgan fingerprint density at radius 1 is 1.24 bits per heavy atom. The Morgan fingerprint density at radius 3 is 2.52 bits per heavy atom. The fraction of sp³-hybridized carbons (Fsp3) is 0.556. The lowest BCUT2D eigenvalue weighted by molar-refractivity contribution is 0.194. The van der Waals surface area contributed by atoms with E-state index in [1.807, 2.05) is 24.3 Å². The molecule has 1 aromatic carbocycles. The van der Waals surface area contributed by atoms with Gasteiger partial charge in [0.1, 0.15) is 12.4 Å². The Morgan fingerprint density at radius 2 is 1.95 bits per heavy atom. The summed E-state index contributed by atoms with van der Waals surface area (Å²) >= 11 is 0. The van der Waals surface area contributed by atoms with E-state index in [4.69, 9.17) is 10.5 Å². The first-order chi connectivity index (χ1) is 10.2. The molecule has 116 valence electrons. The maximum absolute atomic E-state index is 5.80. The van der Waals surface area contributed by atoms with E-state index in [1.54, 1.807) is 0 Å². The lowest BCUT2D eigenvalue weighted by Gasteiger charge is -2.23. The van der Waals surface area contributed by atoms with Gasteiger partial charge in [-0.3, -0.25) is 4.90 Å². The number of ether oxygens (including phenoxy) is 1. The van der Waals surface area contributed by atoms with E-state index >= 15 is 0 Å². The van der Waals surface area contributed by atoms with Crippen LogP contribution < -0.4 is 10.5 Å². The molecule has 0 aromatic heterocycles. The molecule has 0 bridgehead atoms. The average Bonchev–Trinajstić information content (AvgIpc) is 2.52. The Balaban J connectivity index is 2.37. The minimum atomic E-state index is 0.390. The third kappa shape index (κ3) is 7.17. The summed E-state index contributed by atoms with van der Waals surface area (Å²) in [5, 5.41) is 0. The molecule has 0 amide bonds. The Kier molecular flexibility index (Phi) is 8.57. The van der Waals surface area contributed by atoms with Crippen LogP contribution in [-0.4, -0.2) is 37.7 Å². The highest BCUT2D eigenvalue weighted by molar-refractivity contribution is 5.38. The summed E-state index contributed by atoms with van der Waals surface area (Å²) in [6.45, 7) is 11.0. The summed E-state index contributed by atoms with van der Waals surface area (Å²) in [6, 6.07) is 7.86. The van der Waals surface area contributed by atoms with Gasteiger partial charge in [-0.05, 0) is 36.7 Å². The van der Waals surface area contributed by atoms with Crippen molar-refractivity contribution in [1.29, 1.82) is 0 Å². The molecule has 3 heteroatoms. The molecule has 0 fully saturated rings. The van der Waals surface area contributed by atoms with Gasteiger partial charge in [0.15, 0.2) is 0 Å². The monoisotopic (exact) mass is 288 g/mol. The molecule has 0 heterocycles. The first-order valence-corrected chi connectivity index (χ1v) is 7.83. The molecule has 0 spiro atoms. The quantitative estimate of drug-likeness (QED) is 0.748. The fourth-order valence-electron chi connectivity index (χ4n) is 2.03. The summed E-state index contributed by atoms with van der Waals surface area (Å²) in [4.78, 5) is 2.44. The molecule has 0 aliphatic carbocycles. The zero-order chi connectivity index (χ0) is 15.5. The van der Waals surface area contributed by atoms with E-state index in [-0.39, 0.29) is 0 Å². The molecular formula is C18H28N2O. The van der Waals surface area contributed by atoms with Gasteiger partial charge in [-0.1, -0.05) is 39.0 Å². The first kappa shape index (κ1) is 17.6. The van der Waals surface area contributed by atoms with Crippen LogP contribution in [0.1, 0.15) is 32.8 Å². The topological polar surface area (TPSA) is 38.5 Å². The average molecular weight is 288 g/mol. The highest BCUT2D eigenvalue weighted by Gasteiger charge is 2.07. The van der Waals surface area contributed by atoms with Crippen molar-refractivity contribution in [3.05, 3.63) is 29.8 Å². The maximum Gasteiger partial charge on any atom is 0.119 e. The lowest BCUT2D eigenvalue weighted by atomic mass is 10.1. The van der Waals surface area contributed by atoms with Gasteiger partial charge < -0.3 is 10.5 Å². The minimum Gasteiger partial charge on any atom is -0.492 e. The van der Waals surface area contributed by atoms with Gasteiger partial charge in [0.05, 0.1) is 6.54 Å². The summed E-state index contributed by atoms with van der Waals surface area (Å²) in [5.74, 6) is 7.49. The predicted octanol–water partition coefficient (Wildman–Crippen LogP) is 2.74. The van der Waals surface area contributed by atoms with Crippen LogP contribution in [0, 0.1) is 17.8 Å². The number of hydrogen-bond donors (Lipinski definition) is 1. The van der Waals surface area contributed by atoms with Crippen molar-refractivity contribution in [2.75, 3.05) is 32.8 Å². The summed E-state index contributed by atoms with van der Waals surface area (Å²) < 4.78 is 5.80. The summed E-state index contributed by atoms with van der Waals surface area (Å²) in [6.07, 6.45) is 1.22. The smallest absolute Gasteiger partial charge is 0.119 e. The summed E-state index contributed by atoms with van der Waals surface area (Å²) in [7, 11) is 0. The normalized spacial score (nSPS) is 11.9. The molecule has 0 saturated heterocycles. The number of likely N-dealkylation sites (N-methyl/N-ethyl adjacent to an activating group) is 1. The van der Waals surface area contributed by atoms with Crippen molar-refractivity contribution in [2.45, 2.75) is 27.2 Å². The Hall–Kier alpha value is -1.50. The lowest BCUT2D eigenvalue weighted by Crippen LogP contribution is -2.32. The second-order valence-electron chi connectivity index (χ2n) is 5.29. The molecule has 1 atom stereocenters. The highest BCUT2D eigenvalue weighted by atomic mass is 16.5. The van der Waals surface area contributed by atoms with Crippen LogP contribution in [0.2, 0.25) is 0 Å². The van der Waals surface area contributed by atoms with Crippen LogP contribution in [0.15, 0.2) is 24.3 Å². The van der Waals surface area contributed by atoms with Gasteiger partial charge in [0.2, 0.25) is 0 Å². The standard InChI is InChI=1S/C18H28N2O/c1-4-16(3)15-20(5-2)13-14-21-18-10-8-17(9-11-18)7-6-12-19/h8-11,16H,4-5,12-15,19H2,1-3H3. The van der Waals surface area contributed by atoms with Crippen molar-refractivity contribution in [1.82, 2.24) is 4.90 Å². The van der Waals surface area contributed by atoms with Gasteiger partial charge in [-0.25, -0.2) is 0 Å². The zero-order valence-electron chi connectivity index (χ0n) is 13.6. The van der Waals surface area contributed by atoms with Crippen LogP contribution in [0.3, 0.4) is 0 Å². The second kappa shape index (κ2) is 10.3. The zero-order valence-corrected chi connectivity index (χ0v) is 13.6. The molecule has 0 saturated carbocycles. The molecule has 1 unspecified atom stereocenters. The van der Waals surface area contributed by atoms with E-state index in [2.05, 4.69) is 37.5 Å². The third-order valence-electron chi connectivity index (χ3n) is 3.58. The number of benzene rings is 1. The molecule has 1 rings (SSSR count). The van der Waals surface area contributed by atoms with Crippen molar-refractivity contribution in [3.8, 4) is 17.6 Å². The number of nitrogens with zero attached hydrogens (tertiary/aromatic N) is 1. The van der Waals surface area contributed by atoms with Gasteiger partial charge in [0, 0.05) is 18.7 Å². The molecular weight excluding hydrogens is 260 g/mol. The van der Waals surface area contributed by atoms with E-state index in [0.29, 0.717) is 6.54 Å². The first-order valence-electron chi connectivity index (χ1n) is 7.83. The van der Waals surface area contributed by atoms with Crippen LogP contribution in [-0.2, 0) is 0 Å². The predicted molar refractivity (Wildman–Crippen MR) is 89.4 cm³/mol. The van der Waals surface area contributed by atoms with E-state index in [0.717, 1.165) is 43.5 Å². The highest BCUT2D eigenvalue weighted by Crippen LogP contribution is 2.12. The maximum atomic E-state index is 5.80. The molecule has 21 heavy (non-hydrogen) atoms. The van der Waals surface area contributed by atoms with Crippen LogP contribution in [0.5, 0.6) is 5.75 Å². The minimum absolute atomic E-state index is 0.390. The van der Waals surface area contributed by atoms with E-state index in [9.17, 15) is 0 Å². The van der Waals surface area contributed by atoms with E-state index in [1.165, 1.54) is 6.42 Å². The molecule has 1 aromatic rings. The Labute approximate surface area is 129 Å². The third-order valence-corrected chi connectivity index (χ3v) is 3.58. The second-order valence-corrected chi connectivity index (χ2v) is 5.29. The molecule has 3 nitrogen and oxygen atoms in total. The Bertz CT molecular complexity index is 445. The largest absolute Gasteiger partial charge is 0.492 e. The van der Waals surface area contributed by atoms with Crippen molar-refractivity contribution >= 4 is 0 Å². The van der Waals surface area contributed by atoms with Crippen molar-refractivity contribution in [3.63, 3.8) is 0 Å². The van der Waals surface area contributed by atoms with Crippen LogP contribution >= 0.6 is 0 Å². The number of rotatable bonds is 8. The van der Waals surface area contributed by atoms with Gasteiger partial charge in [0.25, 0.3) is 0 Å².